The molecule has 1 heterocycles. The summed E-state index contributed by atoms with van der Waals surface area (Å²) < 4.78 is 0. The van der Waals surface area contributed by atoms with Gasteiger partial charge in [0.1, 0.15) is 11.0 Å². The van der Waals surface area contributed by atoms with Gasteiger partial charge in [-0.1, -0.05) is 35.4 Å². The maximum absolute atomic E-state index is 5.86. The summed E-state index contributed by atoms with van der Waals surface area (Å²) in [5.41, 5.74) is 5.24. The van der Waals surface area contributed by atoms with Gasteiger partial charge in [-0.05, 0) is 49.6 Å². The molecule has 1 N–H and O–H groups in total. The van der Waals surface area contributed by atoms with Gasteiger partial charge in [-0.15, -0.1) is 0 Å². The minimum Gasteiger partial charge on any atom is -0.366 e. The van der Waals surface area contributed by atoms with Crippen LogP contribution in [0.4, 0.5) is 5.82 Å². The van der Waals surface area contributed by atoms with Crippen LogP contribution in [0.25, 0.3) is 0 Å². The van der Waals surface area contributed by atoms with Crippen molar-refractivity contribution in [2.45, 2.75) is 27.3 Å². The molecule has 0 spiro atoms. The number of hydrogen-bond donors (Lipinski definition) is 1. The fraction of sp³-hybridized carbons (Fsp3) is 0.267. The molecule has 2 aromatic rings. The zero-order valence-corrected chi connectivity index (χ0v) is 11.7. The minimum atomic E-state index is 0.511. The lowest BCUT2D eigenvalue weighted by Gasteiger charge is -2.12. The first-order chi connectivity index (χ1) is 8.56. The van der Waals surface area contributed by atoms with Crippen LogP contribution in [0, 0.1) is 20.8 Å². The number of aromatic nitrogens is 1. The Hall–Kier alpha value is -1.54. The van der Waals surface area contributed by atoms with Gasteiger partial charge in [-0.3, -0.25) is 0 Å². The molecule has 0 radical (unpaired) electrons. The number of hydrogen-bond acceptors (Lipinski definition) is 2. The SMILES string of the molecule is Cc1cc(C)c(CNc2cccc(Cl)n2)c(C)c1. The summed E-state index contributed by atoms with van der Waals surface area (Å²) in [5.74, 6) is 0.807. The zero-order valence-electron chi connectivity index (χ0n) is 10.9. The Morgan fingerprint density at radius 2 is 1.78 bits per heavy atom. The average molecular weight is 261 g/mol. The number of benzene rings is 1. The fourth-order valence-corrected chi connectivity index (χ4v) is 2.34. The van der Waals surface area contributed by atoms with Crippen LogP contribution in [0.15, 0.2) is 30.3 Å². The van der Waals surface area contributed by atoms with Crippen molar-refractivity contribution in [1.82, 2.24) is 4.98 Å². The standard InChI is InChI=1S/C15H17ClN2/c1-10-7-11(2)13(12(3)8-10)9-17-15-6-4-5-14(16)18-15/h4-8H,9H2,1-3H3,(H,17,18). The molecule has 0 aliphatic rings. The molecule has 0 bridgehead atoms. The molecule has 18 heavy (non-hydrogen) atoms. The van der Waals surface area contributed by atoms with Gasteiger partial charge in [-0.25, -0.2) is 4.98 Å². The van der Waals surface area contributed by atoms with E-state index in [4.69, 9.17) is 11.6 Å². The molecule has 0 atom stereocenters. The van der Waals surface area contributed by atoms with Crippen LogP contribution in [0.1, 0.15) is 22.3 Å². The predicted molar refractivity (Wildman–Crippen MR) is 77.2 cm³/mol. The number of aryl methyl sites for hydroxylation is 3. The molecule has 2 nitrogen and oxygen atoms in total. The normalized spacial score (nSPS) is 10.4. The Kier molecular flexibility index (Phi) is 3.87. The van der Waals surface area contributed by atoms with Crippen molar-refractivity contribution in [3.8, 4) is 0 Å². The van der Waals surface area contributed by atoms with Crippen LogP contribution < -0.4 is 5.32 Å². The molecular formula is C15H17ClN2. The van der Waals surface area contributed by atoms with E-state index in [0.717, 1.165) is 12.4 Å². The van der Waals surface area contributed by atoms with Gasteiger partial charge >= 0.3 is 0 Å². The van der Waals surface area contributed by atoms with Gasteiger partial charge < -0.3 is 5.32 Å². The molecule has 2 rings (SSSR count). The molecule has 94 valence electrons. The van der Waals surface area contributed by atoms with E-state index >= 15 is 0 Å². The van der Waals surface area contributed by atoms with Gasteiger partial charge in [0, 0.05) is 6.54 Å². The number of pyridine rings is 1. The number of nitrogens with one attached hydrogen (secondary N) is 1. The highest BCUT2D eigenvalue weighted by atomic mass is 35.5. The first kappa shape index (κ1) is 12.9. The molecule has 0 fully saturated rings. The molecule has 1 aromatic heterocycles. The maximum atomic E-state index is 5.86. The third-order valence-electron chi connectivity index (χ3n) is 3.00. The van der Waals surface area contributed by atoms with E-state index in [1.165, 1.54) is 22.3 Å². The number of anilines is 1. The van der Waals surface area contributed by atoms with Crippen LogP contribution >= 0.6 is 11.6 Å². The quantitative estimate of drug-likeness (QED) is 0.834. The molecule has 1 aromatic carbocycles. The number of rotatable bonds is 3. The van der Waals surface area contributed by atoms with Crippen molar-refractivity contribution in [2.75, 3.05) is 5.32 Å². The van der Waals surface area contributed by atoms with Crippen LogP contribution in [0.2, 0.25) is 5.15 Å². The molecule has 0 aliphatic heterocycles. The minimum absolute atomic E-state index is 0.511. The van der Waals surface area contributed by atoms with E-state index in [0.29, 0.717) is 5.15 Å². The second-order valence-electron chi connectivity index (χ2n) is 4.58. The molecule has 0 aliphatic carbocycles. The summed E-state index contributed by atoms with van der Waals surface area (Å²) in [6.07, 6.45) is 0. The van der Waals surface area contributed by atoms with Crippen molar-refractivity contribution < 1.29 is 0 Å². The second kappa shape index (κ2) is 5.40. The van der Waals surface area contributed by atoms with Gasteiger partial charge in [0.05, 0.1) is 0 Å². The van der Waals surface area contributed by atoms with E-state index in [9.17, 15) is 0 Å². The van der Waals surface area contributed by atoms with E-state index in [1.54, 1.807) is 6.07 Å². The monoisotopic (exact) mass is 260 g/mol. The molecule has 0 amide bonds. The van der Waals surface area contributed by atoms with E-state index < -0.39 is 0 Å². The van der Waals surface area contributed by atoms with Crippen molar-refractivity contribution in [3.63, 3.8) is 0 Å². The van der Waals surface area contributed by atoms with Gasteiger partial charge in [-0.2, -0.15) is 0 Å². The Balaban J connectivity index is 2.16. The molecular weight excluding hydrogens is 244 g/mol. The first-order valence-electron chi connectivity index (χ1n) is 5.99. The number of halogens is 1. The predicted octanol–water partition coefficient (Wildman–Crippen LogP) is 4.27. The lowest BCUT2D eigenvalue weighted by Crippen LogP contribution is -2.05. The average Bonchev–Trinajstić information content (AvgIpc) is 2.27. The van der Waals surface area contributed by atoms with E-state index in [1.807, 2.05) is 12.1 Å². The first-order valence-corrected chi connectivity index (χ1v) is 6.37. The van der Waals surface area contributed by atoms with Crippen LogP contribution in [-0.2, 0) is 6.54 Å². The highest BCUT2D eigenvalue weighted by Crippen LogP contribution is 2.18. The molecule has 0 unspecified atom stereocenters. The largest absolute Gasteiger partial charge is 0.366 e. The summed E-state index contributed by atoms with van der Waals surface area (Å²) in [6.45, 7) is 7.17. The topological polar surface area (TPSA) is 24.9 Å². The second-order valence-corrected chi connectivity index (χ2v) is 4.96. The molecule has 0 saturated carbocycles. The van der Waals surface area contributed by atoms with Crippen LogP contribution in [0.3, 0.4) is 0 Å². The highest BCUT2D eigenvalue weighted by Gasteiger charge is 2.04. The lowest BCUT2D eigenvalue weighted by molar-refractivity contribution is 1.06. The molecule has 0 saturated heterocycles. The summed E-state index contributed by atoms with van der Waals surface area (Å²) in [4.78, 5) is 4.22. The number of nitrogens with zero attached hydrogens (tertiary/aromatic N) is 1. The van der Waals surface area contributed by atoms with E-state index in [-0.39, 0.29) is 0 Å². The highest BCUT2D eigenvalue weighted by molar-refractivity contribution is 6.29. The summed E-state index contributed by atoms with van der Waals surface area (Å²) >= 11 is 5.86. The van der Waals surface area contributed by atoms with Gasteiger partial charge in [0.2, 0.25) is 0 Å². The maximum Gasteiger partial charge on any atom is 0.131 e. The Morgan fingerprint density at radius 3 is 2.39 bits per heavy atom. The third-order valence-corrected chi connectivity index (χ3v) is 3.21. The lowest BCUT2D eigenvalue weighted by atomic mass is 10.00. The summed E-state index contributed by atoms with van der Waals surface area (Å²) in [6, 6.07) is 10.00. The van der Waals surface area contributed by atoms with Crippen LogP contribution in [0.5, 0.6) is 0 Å². The summed E-state index contributed by atoms with van der Waals surface area (Å²) in [7, 11) is 0. The van der Waals surface area contributed by atoms with E-state index in [2.05, 4.69) is 43.2 Å². The Morgan fingerprint density at radius 1 is 1.11 bits per heavy atom. The summed E-state index contributed by atoms with van der Waals surface area (Å²) in [5, 5.41) is 3.82. The van der Waals surface area contributed by atoms with Crippen molar-refractivity contribution in [2.24, 2.45) is 0 Å². The zero-order chi connectivity index (χ0) is 13.1. The van der Waals surface area contributed by atoms with Gasteiger partial charge in [0.15, 0.2) is 0 Å². The Labute approximate surface area is 113 Å². The van der Waals surface area contributed by atoms with Gasteiger partial charge in [0.25, 0.3) is 0 Å². The van der Waals surface area contributed by atoms with Crippen molar-refractivity contribution in [1.29, 1.82) is 0 Å². The Bertz CT molecular complexity index is 541. The van der Waals surface area contributed by atoms with Crippen molar-refractivity contribution in [3.05, 3.63) is 57.7 Å². The fourth-order valence-electron chi connectivity index (χ4n) is 2.17. The third kappa shape index (κ3) is 3.02. The van der Waals surface area contributed by atoms with Crippen LogP contribution in [-0.4, -0.2) is 4.98 Å². The smallest absolute Gasteiger partial charge is 0.131 e. The van der Waals surface area contributed by atoms with Crippen molar-refractivity contribution >= 4 is 17.4 Å². The molecule has 3 heteroatoms.